The number of aromatic amines is 1. The summed E-state index contributed by atoms with van der Waals surface area (Å²) >= 11 is 0. The number of halogens is 3. The molecule has 52 heavy (non-hydrogen) atoms. The maximum Gasteiger partial charge on any atom is 0.270 e. The zero-order valence-corrected chi connectivity index (χ0v) is 29.5. The fourth-order valence-corrected chi connectivity index (χ4v) is 6.84. The predicted molar refractivity (Wildman–Crippen MR) is 194 cm³/mol. The number of alkyl halides is 2. The Morgan fingerprint density at radius 1 is 1.04 bits per heavy atom. The summed E-state index contributed by atoms with van der Waals surface area (Å²) in [4.78, 5) is 46.2. The lowest BCUT2D eigenvalue weighted by Crippen LogP contribution is -2.53. The highest BCUT2D eigenvalue weighted by atomic mass is 35.5. The fourth-order valence-electron chi connectivity index (χ4n) is 6.84. The predicted octanol–water partition coefficient (Wildman–Crippen LogP) is 3.58. The van der Waals surface area contributed by atoms with E-state index < -0.39 is 42.8 Å². The molecule has 1 aliphatic carbocycles. The molecule has 3 amide bonds. The van der Waals surface area contributed by atoms with Gasteiger partial charge in [-0.1, -0.05) is 24.3 Å². The van der Waals surface area contributed by atoms with Crippen molar-refractivity contribution in [2.45, 2.75) is 63.5 Å². The topological polar surface area (TPSA) is 198 Å². The summed E-state index contributed by atoms with van der Waals surface area (Å²) < 4.78 is 27.5. The maximum atomic E-state index is 14.0. The molecule has 0 bridgehead atoms. The molecular weight excluding hydrogens is 694 g/mol. The quantitative estimate of drug-likeness (QED) is 0.160. The second-order valence-corrected chi connectivity index (χ2v) is 13.5. The van der Waals surface area contributed by atoms with Gasteiger partial charge in [0.15, 0.2) is 0 Å². The van der Waals surface area contributed by atoms with Crippen molar-refractivity contribution < 1.29 is 23.2 Å². The second-order valence-electron chi connectivity index (χ2n) is 13.5. The Labute approximate surface area is 306 Å². The van der Waals surface area contributed by atoms with Crippen LogP contribution in [-0.2, 0) is 16.0 Å². The van der Waals surface area contributed by atoms with Gasteiger partial charge in [-0.25, -0.2) is 13.7 Å². The Morgan fingerprint density at radius 2 is 1.73 bits per heavy atom. The number of imide groups is 1. The van der Waals surface area contributed by atoms with Gasteiger partial charge < -0.3 is 22.1 Å². The van der Waals surface area contributed by atoms with Crippen LogP contribution in [0.2, 0.25) is 0 Å². The highest BCUT2D eigenvalue weighted by Gasteiger charge is 2.37. The van der Waals surface area contributed by atoms with E-state index in [9.17, 15) is 23.2 Å². The maximum absolute atomic E-state index is 14.0. The first-order valence-corrected chi connectivity index (χ1v) is 17.1. The number of hydrogen-bond donors (Lipinski definition) is 5. The summed E-state index contributed by atoms with van der Waals surface area (Å²) in [5.41, 5.74) is 16.8. The molecule has 1 aliphatic heterocycles. The summed E-state index contributed by atoms with van der Waals surface area (Å²) in [5, 5.41) is 19.3. The van der Waals surface area contributed by atoms with Crippen molar-refractivity contribution in [3.8, 4) is 22.5 Å². The van der Waals surface area contributed by atoms with Gasteiger partial charge in [-0.2, -0.15) is 5.21 Å². The van der Waals surface area contributed by atoms with E-state index in [4.69, 9.17) is 11.5 Å². The number of tetrazole rings is 1. The highest BCUT2D eigenvalue weighted by Crippen LogP contribution is 2.32. The van der Waals surface area contributed by atoms with Crippen molar-refractivity contribution in [3.05, 3.63) is 77.6 Å². The number of aryl methyl sites for hydroxylation is 1. The zero-order valence-electron chi connectivity index (χ0n) is 28.7. The van der Waals surface area contributed by atoms with Gasteiger partial charge in [0.1, 0.15) is 5.69 Å². The van der Waals surface area contributed by atoms with Crippen LogP contribution in [0.15, 0.2) is 60.8 Å². The van der Waals surface area contributed by atoms with E-state index in [2.05, 4.69) is 36.2 Å². The molecule has 1 saturated carbocycles. The lowest BCUT2D eigenvalue weighted by Gasteiger charge is -2.32. The monoisotopic (exact) mass is 736 g/mol. The number of nitrogens with one attached hydrogen (secondary N) is 3. The van der Waals surface area contributed by atoms with Crippen LogP contribution in [0.25, 0.3) is 22.5 Å². The number of benzene rings is 2. The molecule has 2 aromatic heterocycles. The van der Waals surface area contributed by atoms with E-state index in [-0.39, 0.29) is 42.9 Å². The van der Waals surface area contributed by atoms with Crippen molar-refractivity contribution >= 4 is 35.8 Å². The number of piperidine rings is 1. The molecule has 2 atom stereocenters. The van der Waals surface area contributed by atoms with Crippen LogP contribution in [0.4, 0.5) is 14.5 Å². The Hall–Kier alpha value is -4.70. The second kappa shape index (κ2) is 16.8. The Kier molecular flexibility index (Phi) is 12.4. The smallest absolute Gasteiger partial charge is 0.270 e. The van der Waals surface area contributed by atoms with E-state index in [0.29, 0.717) is 42.4 Å². The van der Waals surface area contributed by atoms with Crippen molar-refractivity contribution in [1.29, 1.82) is 0 Å². The van der Waals surface area contributed by atoms with Gasteiger partial charge in [-0.05, 0) is 104 Å². The Bertz CT molecular complexity index is 1840. The van der Waals surface area contributed by atoms with E-state index >= 15 is 0 Å². The van der Waals surface area contributed by atoms with Gasteiger partial charge >= 0.3 is 0 Å². The summed E-state index contributed by atoms with van der Waals surface area (Å²) in [6, 6.07) is 14.2. The molecule has 276 valence electrons. The zero-order chi connectivity index (χ0) is 36.1. The van der Waals surface area contributed by atoms with Gasteiger partial charge in [-0.3, -0.25) is 19.4 Å². The molecule has 1 unspecified atom stereocenters. The number of carbonyl (C=O) groups excluding carboxylic acids is 3. The van der Waals surface area contributed by atoms with Crippen LogP contribution in [0, 0.1) is 18.8 Å². The molecule has 13 nitrogen and oxygen atoms in total. The third-order valence-corrected chi connectivity index (χ3v) is 9.73. The van der Waals surface area contributed by atoms with Crippen molar-refractivity contribution in [1.82, 2.24) is 36.2 Å². The number of anilines is 1. The molecule has 7 N–H and O–H groups in total. The first-order valence-electron chi connectivity index (χ1n) is 17.1. The van der Waals surface area contributed by atoms with Gasteiger partial charge in [-0.15, -0.1) is 22.6 Å². The van der Waals surface area contributed by atoms with E-state index in [1.54, 1.807) is 36.5 Å². The first-order chi connectivity index (χ1) is 24.5. The number of nitrogens with zero attached hydrogens (tertiary/aromatic N) is 5. The number of carbonyl (C=O) groups is 3. The molecule has 2 aliphatic rings. The van der Waals surface area contributed by atoms with Gasteiger partial charge in [0.05, 0.1) is 18.3 Å². The minimum atomic E-state index is -2.88. The minimum absolute atomic E-state index is 0. The van der Waals surface area contributed by atoms with Crippen LogP contribution in [0.3, 0.4) is 0 Å². The highest BCUT2D eigenvalue weighted by molar-refractivity contribution is 6.17. The lowest BCUT2D eigenvalue weighted by atomic mass is 9.81. The molecular formula is C36H43ClF2N10O3. The minimum Gasteiger partial charge on any atom is -0.346 e. The number of aromatic nitrogens is 5. The lowest BCUT2D eigenvalue weighted by molar-refractivity contribution is -0.130. The van der Waals surface area contributed by atoms with Crippen molar-refractivity contribution in [2.24, 2.45) is 23.3 Å². The van der Waals surface area contributed by atoms with Crippen LogP contribution < -0.4 is 27.0 Å². The van der Waals surface area contributed by atoms with Crippen molar-refractivity contribution in [3.63, 3.8) is 0 Å². The fraction of sp³-hybridized carbons (Fsp3) is 0.417. The van der Waals surface area contributed by atoms with E-state index in [0.717, 1.165) is 35.1 Å². The third-order valence-electron chi connectivity index (χ3n) is 9.73. The SMILES string of the molecule is Cc1cc(C(=O)NC2CNCC(F)(F)C2)ncc1-c1ccc(C[C@H](N)C(=O)N(C(=O)C2CCC(CN)CC2)c2ccc(-c3nn[nH]n3)cc2)cc1.Cl. The number of pyridine rings is 1. The van der Waals surface area contributed by atoms with Crippen LogP contribution in [0.1, 0.15) is 53.7 Å². The van der Waals surface area contributed by atoms with E-state index in [1.807, 2.05) is 31.2 Å². The molecule has 1 saturated heterocycles. The van der Waals surface area contributed by atoms with Gasteiger partial charge in [0.2, 0.25) is 11.7 Å². The standard InChI is InChI=1S/C36H42F2N10O3.ClH/c1-21-14-31(33(49)43-27-16-36(37,38)20-41-18-27)42-19-29(21)24-6-2-22(3-7-24)15-30(40)35(51)48(34(50)26-8-4-23(17-39)5-9-26)28-12-10-25(11-13-28)32-44-46-47-45-32;/h2-3,6-7,10-14,19,23,26-27,30,41H,4-5,8-9,15-18,20,39-40H2,1H3,(H,43,49)(H,44,45,46,47);1H/t23?,26?,27?,30-;/m0./s1. The summed E-state index contributed by atoms with van der Waals surface area (Å²) in [6.45, 7) is 2.28. The molecule has 2 fully saturated rings. The van der Waals surface area contributed by atoms with E-state index in [1.165, 1.54) is 4.90 Å². The number of hydrogen-bond acceptors (Lipinski definition) is 10. The molecule has 4 aromatic rings. The third kappa shape index (κ3) is 9.02. The largest absolute Gasteiger partial charge is 0.346 e. The van der Waals surface area contributed by atoms with Crippen LogP contribution >= 0.6 is 12.4 Å². The van der Waals surface area contributed by atoms with Gasteiger partial charge in [0, 0.05) is 42.2 Å². The number of rotatable bonds is 10. The number of amides is 3. The van der Waals surface area contributed by atoms with Gasteiger partial charge in [0.25, 0.3) is 17.7 Å². The molecule has 0 radical (unpaired) electrons. The number of nitrogens with two attached hydrogens (primary N) is 2. The Morgan fingerprint density at radius 3 is 2.35 bits per heavy atom. The molecule has 2 aromatic carbocycles. The normalized spacial score (nSPS) is 20.3. The van der Waals surface area contributed by atoms with Crippen LogP contribution in [-0.4, -0.2) is 81.0 Å². The van der Waals surface area contributed by atoms with Crippen molar-refractivity contribution in [2.75, 3.05) is 24.5 Å². The first kappa shape index (κ1) is 38.5. The average Bonchev–Trinajstić information content (AvgIpc) is 3.67. The number of H-pyrrole nitrogens is 1. The average molecular weight is 737 g/mol. The molecule has 16 heteroatoms. The molecule has 6 rings (SSSR count). The molecule has 0 spiro atoms. The molecule has 3 heterocycles. The summed E-state index contributed by atoms with van der Waals surface area (Å²) in [5.74, 6) is -3.72. The summed E-state index contributed by atoms with van der Waals surface area (Å²) in [7, 11) is 0. The Balaban J connectivity index is 0.00000523. The summed E-state index contributed by atoms with van der Waals surface area (Å²) in [6.07, 6.45) is 4.30. The van der Waals surface area contributed by atoms with Crippen LogP contribution in [0.5, 0.6) is 0 Å².